The lowest BCUT2D eigenvalue weighted by Crippen LogP contribution is -2.39. The van der Waals surface area contributed by atoms with Crippen molar-refractivity contribution >= 4 is 11.8 Å². The fourth-order valence-corrected chi connectivity index (χ4v) is 6.01. The minimum Gasteiger partial charge on any atom is -0.462 e. The molecule has 1 aromatic carbocycles. The SMILES string of the molecule is CC1CCC2CC(=O)CCC2C1CCC1CC(OCOCc2ccccc2)CC(=O)O1. The summed E-state index contributed by atoms with van der Waals surface area (Å²) in [5.74, 6) is 2.86. The van der Waals surface area contributed by atoms with E-state index in [0.717, 1.165) is 44.1 Å². The van der Waals surface area contributed by atoms with E-state index in [1.165, 1.54) is 12.8 Å². The standard InChI is InChI=1S/C26H36O5/c1-18-7-8-20-13-21(27)9-11-25(20)24(18)12-10-22-14-23(15-26(28)31-22)30-17-29-16-19-5-3-2-4-6-19/h2-6,18,20,22-25H,7-17H2,1H3. The van der Waals surface area contributed by atoms with Crippen LogP contribution in [0.5, 0.6) is 0 Å². The fraction of sp³-hybridized carbons (Fsp3) is 0.692. The molecule has 0 spiro atoms. The molecule has 2 aliphatic carbocycles. The molecule has 0 N–H and O–H groups in total. The third-order valence-corrected chi connectivity index (χ3v) is 7.66. The van der Waals surface area contributed by atoms with Crippen molar-refractivity contribution < 1.29 is 23.8 Å². The molecule has 0 amide bonds. The van der Waals surface area contributed by atoms with Gasteiger partial charge >= 0.3 is 5.97 Å². The van der Waals surface area contributed by atoms with Gasteiger partial charge in [-0.2, -0.15) is 0 Å². The highest BCUT2D eigenvalue weighted by Gasteiger charge is 2.41. The molecule has 2 saturated carbocycles. The topological polar surface area (TPSA) is 61.8 Å². The number of ketones is 1. The summed E-state index contributed by atoms with van der Waals surface area (Å²) in [6.07, 6.45) is 7.81. The largest absolute Gasteiger partial charge is 0.462 e. The Hall–Kier alpha value is -1.72. The number of benzene rings is 1. The molecule has 0 bridgehead atoms. The maximum atomic E-state index is 12.1. The van der Waals surface area contributed by atoms with E-state index in [1.54, 1.807) is 0 Å². The second kappa shape index (κ2) is 10.7. The number of cyclic esters (lactones) is 1. The van der Waals surface area contributed by atoms with Gasteiger partial charge in [-0.3, -0.25) is 9.59 Å². The van der Waals surface area contributed by atoms with Crippen LogP contribution in [0.1, 0.15) is 70.3 Å². The van der Waals surface area contributed by atoms with Crippen molar-refractivity contribution in [2.75, 3.05) is 6.79 Å². The lowest BCUT2D eigenvalue weighted by molar-refractivity contribution is -0.172. The third-order valence-electron chi connectivity index (χ3n) is 7.66. The summed E-state index contributed by atoms with van der Waals surface area (Å²) in [6.45, 7) is 3.06. The zero-order chi connectivity index (χ0) is 21.6. The van der Waals surface area contributed by atoms with Gasteiger partial charge in [-0.15, -0.1) is 0 Å². The average Bonchev–Trinajstić information content (AvgIpc) is 2.76. The van der Waals surface area contributed by atoms with Crippen molar-refractivity contribution in [1.29, 1.82) is 0 Å². The van der Waals surface area contributed by atoms with E-state index in [9.17, 15) is 9.59 Å². The minimum absolute atomic E-state index is 0.0711. The molecule has 5 heteroatoms. The zero-order valence-electron chi connectivity index (χ0n) is 18.7. The van der Waals surface area contributed by atoms with Crippen molar-refractivity contribution in [3.05, 3.63) is 35.9 Å². The summed E-state index contributed by atoms with van der Waals surface area (Å²) in [7, 11) is 0. The van der Waals surface area contributed by atoms with E-state index in [1.807, 2.05) is 30.3 Å². The Morgan fingerprint density at radius 1 is 1.03 bits per heavy atom. The van der Waals surface area contributed by atoms with Crippen molar-refractivity contribution in [2.24, 2.45) is 23.7 Å². The number of Topliss-reactive ketones (excluding diaryl/α,β-unsaturated/α-hetero) is 1. The first kappa shape index (κ1) is 22.5. The summed E-state index contributed by atoms with van der Waals surface area (Å²) >= 11 is 0. The minimum atomic E-state index is -0.165. The molecule has 0 radical (unpaired) electrons. The van der Waals surface area contributed by atoms with Crippen molar-refractivity contribution in [3.8, 4) is 0 Å². The van der Waals surface area contributed by atoms with Gasteiger partial charge in [0.25, 0.3) is 0 Å². The molecule has 31 heavy (non-hydrogen) atoms. The predicted molar refractivity (Wildman–Crippen MR) is 117 cm³/mol. The van der Waals surface area contributed by atoms with Crippen LogP contribution in [0.15, 0.2) is 30.3 Å². The molecule has 0 aromatic heterocycles. The van der Waals surface area contributed by atoms with Crippen LogP contribution >= 0.6 is 0 Å². The molecule has 1 aromatic rings. The maximum absolute atomic E-state index is 12.1. The van der Waals surface area contributed by atoms with Gasteiger partial charge in [0.1, 0.15) is 18.7 Å². The van der Waals surface area contributed by atoms with Crippen LogP contribution in [0.3, 0.4) is 0 Å². The lowest BCUT2D eigenvalue weighted by atomic mass is 9.60. The van der Waals surface area contributed by atoms with Gasteiger partial charge in [0.2, 0.25) is 0 Å². The monoisotopic (exact) mass is 428 g/mol. The molecule has 1 aliphatic heterocycles. The smallest absolute Gasteiger partial charge is 0.308 e. The van der Waals surface area contributed by atoms with Crippen LogP contribution < -0.4 is 0 Å². The van der Waals surface area contributed by atoms with Crippen molar-refractivity contribution in [3.63, 3.8) is 0 Å². The average molecular weight is 429 g/mol. The molecule has 3 fully saturated rings. The van der Waals surface area contributed by atoms with Crippen LogP contribution in [-0.4, -0.2) is 30.8 Å². The Bertz CT molecular complexity index is 733. The lowest BCUT2D eigenvalue weighted by Gasteiger charge is -2.45. The quantitative estimate of drug-likeness (QED) is 0.329. The Morgan fingerprint density at radius 2 is 1.87 bits per heavy atom. The number of carbonyl (C=O) groups excluding carboxylic acids is 2. The van der Waals surface area contributed by atoms with Gasteiger partial charge in [0.15, 0.2) is 0 Å². The maximum Gasteiger partial charge on any atom is 0.308 e. The van der Waals surface area contributed by atoms with Crippen molar-refractivity contribution in [1.82, 2.24) is 0 Å². The van der Waals surface area contributed by atoms with E-state index in [0.29, 0.717) is 42.5 Å². The summed E-state index contributed by atoms with van der Waals surface area (Å²) < 4.78 is 17.1. The Labute approximate surface area is 185 Å². The first-order valence-electron chi connectivity index (χ1n) is 12.0. The Balaban J connectivity index is 1.22. The van der Waals surface area contributed by atoms with Gasteiger partial charge < -0.3 is 14.2 Å². The molecule has 170 valence electrons. The highest BCUT2D eigenvalue weighted by molar-refractivity contribution is 5.79. The molecule has 4 rings (SSSR count). The van der Waals surface area contributed by atoms with E-state index >= 15 is 0 Å². The molecular formula is C26H36O5. The second-order valence-electron chi connectivity index (χ2n) is 9.79. The van der Waals surface area contributed by atoms with E-state index in [2.05, 4.69) is 6.92 Å². The van der Waals surface area contributed by atoms with Crippen LogP contribution in [0.25, 0.3) is 0 Å². The van der Waals surface area contributed by atoms with Gasteiger partial charge in [0.05, 0.1) is 19.1 Å². The molecular weight excluding hydrogens is 392 g/mol. The number of hydrogen-bond donors (Lipinski definition) is 0. The van der Waals surface area contributed by atoms with E-state index in [-0.39, 0.29) is 25.0 Å². The highest BCUT2D eigenvalue weighted by atomic mass is 16.7. The second-order valence-corrected chi connectivity index (χ2v) is 9.79. The fourth-order valence-electron chi connectivity index (χ4n) is 6.01. The van der Waals surface area contributed by atoms with E-state index < -0.39 is 0 Å². The highest BCUT2D eigenvalue weighted by Crippen LogP contribution is 2.47. The van der Waals surface area contributed by atoms with Crippen molar-refractivity contribution in [2.45, 2.75) is 83.5 Å². The first-order valence-corrected chi connectivity index (χ1v) is 12.0. The van der Waals surface area contributed by atoms with Crippen LogP contribution in [0.2, 0.25) is 0 Å². The number of esters is 1. The van der Waals surface area contributed by atoms with Crippen LogP contribution in [0.4, 0.5) is 0 Å². The molecule has 1 heterocycles. The summed E-state index contributed by atoms with van der Waals surface area (Å²) in [5, 5.41) is 0. The number of ether oxygens (including phenoxy) is 3. The number of fused-ring (bicyclic) bond motifs is 1. The van der Waals surface area contributed by atoms with Gasteiger partial charge in [-0.1, -0.05) is 43.7 Å². The third kappa shape index (κ3) is 6.17. The van der Waals surface area contributed by atoms with Crippen LogP contribution in [-0.2, 0) is 30.4 Å². The van der Waals surface area contributed by atoms with Gasteiger partial charge in [-0.25, -0.2) is 0 Å². The van der Waals surface area contributed by atoms with Gasteiger partial charge in [-0.05, 0) is 54.9 Å². The zero-order valence-corrected chi connectivity index (χ0v) is 18.7. The summed E-state index contributed by atoms with van der Waals surface area (Å²) in [6, 6.07) is 10.00. The Kier molecular flexibility index (Phi) is 7.78. The molecule has 1 saturated heterocycles. The van der Waals surface area contributed by atoms with Crippen LogP contribution in [0, 0.1) is 23.7 Å². The molecule has 5 nitrogen and oxygen atoms in total. The first-order chi connectivity index (χ1) is 15.1. The normalized spacial score (nSPS) is 33.6. The summed E-state index contributed by atoms with van der Waals surface area (Å²) in [5.41, 5.74) is 1.11. The molecule has 6 unspecified atom stereocenters. The number of hydrogen-bond acceptors (Lipinski definition) is 5. The number of rotatable bonds is 8. The van der Waals surface area contributed by atoms with E-state index in [4.69, 9.17) is 14.2 Å². The van der Waals surface area contributed by atoms with Gasteiger partial charge in [0, 0.05) is 19.3 Å². The molecule has 3 aliphatic rings. The molecule has 6 atom stereocenters. The predicted octanol–water partition coefficient (Wildman–Crippen LogP) is 5.06. The Morgan fingerprint density at radius 3 is 2.71 bits per heavy atom. The summed E-state index contributed by atoms with van der Waals surface area (Å²) in [4.78, 5) is 24.0. The number of carbonyl (C=O) groups is 2.